The molecule has 3 aromatic carbocycles. The van der Waals surface area contributed by atoms with Crippen molar-refractivity contribution in [3.05, 3.63) is 77.5 Å². The van der Waals surface area contributed by atoms with Gasteiger partial charge in [0.15, 0.2) is 11.5 Å². The Labute approximate surface area is 241 Å². The standard InChI is InChI=1S/C32H29NO9/c1-17(2)38-31(35)40-21-14-25-28(26(15-21)42-32(36)39-18(3)4)30(34)27(41-25)16-23-22-13-20(37-5)11-12-24(22)33-29(23)19-9-7-6-8-10-19/h6-18,33H,1-5H3/b27-16-. The van der Waals surface area contributed by atoms with Crippen LogP contribution in [0.15, 0.2) is 66.4 Å². The number of carbonyl (C=O) groups excluding carboxylic acids is 3. The van der Waals surface area contributed by atoms with Crippen LogP contribution in [0.5, 0.6) is 23.0 Å². The lowest BCUT2D eigenvalue weighted by Crippen LogP contribution is -2.17. The Kier molecular flexibility index (Phi) is 7.88. The molecule has 0 aliphatic carbocycles. The number of rotatable bonds is 7. The van der Waals surface area contributed by atoms with E-state index < -0.39 is 30.3 Å². The summed E-state index contributed by atoms with van der Waals surface area (Å²) in [7, 11) is 1.58. The van der Waals surface area contributed by atoms with Crippen molar-refractivity contribution in [2.45, 2.75) is 39.9 Å². The molecule has 0 atom stereocenters. The number of aromatic nitrogens is 1. The summed E-state index contributed by atoms with van der Waals surface area (Å²) in [6.07, 6.45) is -1.28. The monoisotopic (exact) mass is 571 g/mol. The van der Waals surface area contributed by atoms with Gasteiger partial charge in [-0.2, -0.15) is 0 Å². The number of ketones is 1. The van der Waals surface area contributed by atoms with Gasteiger partial charge in [0.05, 0.1) is 25.0 Å². The number of hydrogen-bond acceptors (Lipinski definition) is 9. The summed E-state index contributed by atoms with van der Waals surface area (Å²) >= 11 is 0. The first-order valence-electron chi connectivity index (χ1n) is 13.3. The largest absolute Gasteiger partial charge is 0.514 e. The van der Waals surface area contributed by atoms with Crippen LogP contribution in [0.1, 0.15) is 43.6 Å². The molecule has 0 amide bonds. The third-order valence-electron chi connectivity index (χ3n) is 6.15. The number of methoxy groups -OCH3 is 1. The highest BCUT2D eigenvalue weighted by Crippen LogP contribution is 2.43. The Morgan fingerprint density at radius 1 is 0.857 bits per heavy atom. The first-order chi connectivity index (χ1) is 20.1. The summed E-state index contributed by atoms with van der Waals surface area (Å²) in [5, 5.41) is 0.797. The SMILES string of the molecule is COc1ccc2[nH]c(-c3ccccc3)c(/C=C3\Oc4cc(OC(=O)OC(C)C)cc(OC(=O)OC(C)C)c4C3=O)c2c1. The van der Waals surface area contributed by atoms with Crippen LogP contribution in [0.2, 0.25) is 0 Å². The molecular weight excluding hydrogens is 542 g/mol. The number of carbonyl (C=O) groups is 3. The van der Waals surface area contributed by atoms with Gasteiger partial charge >= 0.3 is 12.3 Å². The van der Waals surface area contributed by atoms with Crippen LogP contribution in [0.25, 0.3) is 28.2 Å². The average molecular weight is 572 g/mol. The van der Waals surface area contributed by atoms with E-state index in [1.165, 1.54) is 12.1 Å². The number of Topliss-reactive ketones (excluding diaryl/α,β-unsaturated/α-hetero) is 1. The topological polar surface area (TPSA) is 122 Å². The second-order valence-corrected chi connectivity index (χ2v) is 9.96. The highest BCUT2D eigenvalue weighted by molar-refractivity contribution is 6.17. The molecule has 5 rings (SSSR count). The fourth-order valence-electron chi connectivity index (χ4n) is 4.44. The van der Waals surface area contributed by atoms with Crippen LogP contribution < -0.4 is 18.9 Å². The maximum atomic E-state index is 13.7. The van der Waals surface area contributed by atoms with E-state index >= 15 is 0 Å². The molecule has 0 radical (unpaired) electrons. The van der Waals surface area contributed by atoms with Gasteiger partial charge in [-0.05, 0) is 57.5 Å². The van der Waals surface area contributed by atoms with Crippen LogP contribution in [-0.2, 0) is 9.47 Å². The molecule has 1 aliphatic heterocycles. The lowest BCUT2D eigenvalue weighted by molar-refractivity contribution is 0.0719. The zero-order chi connectivity index (χ0) is 30.0. The van der Waals surface area contributed by atoms with Gasteiger partial charge in [0.2, 0.25) is 5.78 Å². The van der Waals surface area contributed by atoms with E-state index in [2.05, 4.69) is 4.98 Å². The zero-order valence-electron chi connectivity index (χ0n) is 23.7. The van der Waals surface area contributed by atoms with Gasteiger partial charge in [0.1, 0.15) is 22.8 Å². The van der Waals surface area contributed by atoms with Crippen molar-refractivity contribution >= 4 is 35.1 Å². The van der Waals surface area contributed by atoms with Gasteiger partial charge in [0, 0.05) is 28.6 Å². The number of hydrogen-bond donors (Lipinski definition) is 1. The lowest BCUT2D eigenvalue weighted by Gasteiger charge is -2.12. The van der Waals surface area contributed by atoms with Gasteiger partial charge in [-0.15, -0.1) is 0 Å². The smallest absolute Gasteiger partial charge is 0.497 e. The normalized spacial score (nSPS) is 13.3. The van der Waals surface area contributed by atoms with Crippen LogP contribution in [0, 0.1) is 0 Å². The van der Waals surface area contributed by atoms with Gasteiger partial charge in [-0.25, -0.2) is 9.59 Å². The van der Waals surface area contributed by atoms with Gasteiger partial charge in [-0.1, -0.05) is 30.3 Å². The second-order valence-electron chi connectivity index (χ2n) is 9.96. The Balaban J connectivity index is 1.60. The van der Waals surface area contributed by atoms with Gasteiger partial charge < -0.3 is 33.4 Å². The molecule has 10 heteroatoms. The number of nitrogens with one attached hydrogen (secondary N) is 1. The molecule has 1 N–H and O–H groups in total. The van der Waals surface area contributed by atoms with E-state index in [-0.39, 0.29) is 28.6 Å². The van der Waals surface area contributed by atoms with E-state index in [1.807, 2.05) is 48.5 Å². The third-order valence-corrected chi connectivity index (χ3v) is 6.15. The first-order valence-corrected chi connectivity index (χ1v) is 13.3. The molecule has 0 spiro atoms. The molecule has 1 aliphatic rings. The van der Waals surface area contributed by atoms with Crippen molar-refractivity contribution < 1.29 is 42.8 Å². The number of aromatic amines is 1. The maximum absolute atomic E-state index is 13.7. The predicted molar refractivity (Wildman–Crippen MR) is 154 cm³/mol. The highest BCUT2D eigenvalue weighted by Gasteiger charge is 2.34. The van der Waals surface area contributed by atoms with Crippen LogP contribution in [-0.4, -0.2) is 42.4 Å². The molecule has 0 unspecified atom stereocenters. The highest BCUT2D eigenvalue weighted by atomic mass is 16.7. The van der Waals surface area contributed by atoms with Crippen molar-refractivity contribution in [2.24, 2.45) is 0 Å². The van der Waals surface area contributed by atoms with Crippen molar-refractivity contribution in [2.75, 3.05) is 7.11 Å². The molecule has 216 valence electrons. The van der Waals surface area contributed by atoms with E-state index in [9.17, 15) is 14.4 Å². The first kappa shape index (κ1) is 28.3. The quantitative estimate of drug-likeness (QED) is 0.138. The van der Waals surface area contributed by atoms with Crippen molar-refractivity contribution in [3.63, 3.8) is 0 Å². The number of ether oxygens (including phenoxy) is 6. The van der Waals surface area contributed by atoms with Crippen molar-refractivity contribution in [1.29, 1.82) is 0 Å². The Bertz CT molecular complexity index is 1700. The molecule has 4 aromatic rings. The number of benzene rings is 3. The van der Waals surface area contributed by atoms with Gasteiger partial charge in [-0.3, -0.25) is 4.79 Å². The van der Waals surface area contributed by atoms with Crippen LogP contribution >= 0.6 is 0 Å². The Morgan fingerprint density at radius 2 is 1.55 bits per heavy atom. The lowest BCUT2D eigenvalue weighted by atomic mass is 10.0. The summed E-state index contributed by atoms with van der Waals surface area (Å²) < 4.78 is 32.2. The fraction of sp³-hybridized carbons (Fsp3) is 0.219. The predicted octanol–water partition coefficient (Wildman–Crippen LogP) is 7.31. The molecule has 0 fully saturated rings. The minimum Gasteiger partial charge on any atom is -0.497 e. The number of H-pyrrole nitrogens is 1. The molecule has 10 nitrogen and oxygen atoms in total. The second kappa shape index (κ2) is 11.7. The molecule has 0 saturated heterocycles. The van der Waals surface area contributed by atoms with E-state index in [4.69, 9.17) is 28.4 Å². The molecule has 0 bridgehead atoms. The molecule has 1 aromatic heterocycles. The zero-order valence-corrected chi connectivity index (χ0v) is 23.7. The fourth-order valence-corrected chi connectivity index (χ4v) is 4.44. The molecule has 0 saturated carbocycles. The van der Waals surface area contributed by atoms with E-state index in [0.29, 0.717) is 11.3 Å². The Morgan fingerprint density at radius 3 is 2.21 bits per heavy atom. The van der Waals surface area contributed by atoms with Crippen LogP contribution in [0.4, 0.5) is 9.59 Å². The molecule has 2 heterocycles. The minimum absolute atomic E-state index is 0.0229. The third kappa shape index (κ3) is 5.92. The van der Waals surface area contributed by atoms with E-state index in [0.717, 1.165) is 22.2 Å². The van der Waals surface area contributed by atoms with Crippen molar-refractivity contribution in [1.82, 2.24) is 4.98 Å². The molecular formula is C32H29NO9. The minimum atomic E-state index is -1.03. The molecule has 42 heavy (non-hydrogen) atoms. The summed E-state index contributed by atoms with van der Waals surface area (Å²) in [5.41, 5.74) is 3.14. The summed E-state index contributed by atoms with van der Waals surface area (Å²) in [4.78, 5) is 41.7. The number of fused-ring (bicyclic) bond motifs is 2. The average Bonchev–Trinajstić information content (AvgIpc) is 3.45. The van der Waals surface area contributed by atoms with Crippen LogP contribution in [0.3, 0.4) is 0 Å². The number of allylic oxidation sites excluding steroid dienone is 1. The maximum Gasteiger partial charge on any atom is 0.514 e. The van der Waals surface area contributed by atoms with Gasteiger partial charge in [0.25, 0.3) is 0 Å². The Hall–Kier alpha value is -5.25. The summed E-state index contributed by atoms with van der Waals surface area (Å²) in [5.74, 6) is -0.144. The van der Waals surface area contributed by atoms with E-state index in [1.54, 1.807) is 40.9 Å². The summed E-state index contributed by atoms with van der Waals surface area (Å²) in [6, 6.07) is 17.8. The summed E-state index contributed by atoms with van der Waals surface area (Å²) in [6.45, 7) is 6.65. The van der Waals surface area contributed by atoms with Crippen molar-refractivity contribution in [3.8, 4) is 34.3 Å².